The predicted octanol–water partition coefficient (Wildman–Crippen LogP) is 3.55. The average molecular weight is 372 g/mol. The predicted molar refractivity (Wildman–Crippen MR) is 109 cm³/mol. The van der Waals surface area contributed by atoms with Crippen LogP contribution in [-0.2, 0) is 0 Å². The molecule has 2 atom stereocenters. The molecule has 2 heterocycles. The van der Waals surface area contributed by atoms with Gasteiger partial charge in [-0.2, -0.15) is 0 Å². The Morgan fingerprint density at radius 2 is 1.85 bits per heavy atom. The molecule has 0 spiro atoms. The lowest BCUT2D eigenvalue weighted by Crippen LogP contribution is -2.52. The van der Waals surface area contributed by atoms with Crippen LogP contribution >= 0.6 is 11.3 Å². The van der Waals surface area contributed by atoms with Crippen molar-refractivity contribution in [2.75, 3.05) is 32.7 Å². The van der Waals surface area contributed by atoms with Crippen molar-refractivity contribution in [3.63, 3.8) is 0 Å². The summed E-state index contributed by atoms with van der Waals surface area (Å²) in [5.41, 5.74) is 1.89. The van der Waals surface area contributed by atoms with Crippen LogP contribution in [0.15, 0.2) is 41.8 Å². The Morgan fingerprint density at radius 3 is 2.42 bits per heavy atom. The summed E-state index contributed by atoms with van der Waals surface area (Å²) in [6, 6.07) is 12.3. The van der Waals surface area contributed by atoms with Gasteiger partial charge in [0.2, 0.25) is 0 Å². The summed E-state index contributed by atoms with van der Waals surface area (Å²) in [7, 11) is 0. The summed E-state index contributed by atoms with van der Waals surface area (Å²) in [5, 5.41) is 5.36. The first kappa shape index (κ1) is 19.1. The number of amides is 1. The van der Waals surface area contributed by atoms with Gasteiger partial charge in [-0.1, -0.05) is 30.7 Å². The minimum Gasteiger partial charge on any atom is -0.348 e. The highest BCUT2D eigenvalue weighted by Crippen LogP contribution is 2.29. The number of nitrogens with zero attached hydrogens (tertiary/aromatic N) is 2. The van der Waals surface area contributed by atoms with Gasteiger partial charge in [0.1, 0.15) is 0 Å². The van der Waals surface area contributed by atoms with E-state index >= 15 is 0 Å². The van der Waals surface area contributed by atoms with Crippen molar-refractivity contribution < 1.29 is 4.79 Å². The first-order valence-electron chi connectivity index (χ1n) is 9.46. The number of piperazine rings is 1. The largest absolute Gasteiger partial charge is 0.348 e. The van der Waals surface area contributed by atoms with Crippen molar-refractivity contribution in [2.24, 2.45) is 0 Å². The number of rotatable bonds is 6. The molecule has 140 valence electrons. The quantitative estimate of drug-likeness (QED) is 0.843. The van der Waals surface area contributed by atoms with Gasteiger partial charge in [-0.3, -0.25) is 9.69 Å². The summed E-state index contributed by atoms with van der Waals surface area (Å²) in [6.07, 6.45) is 0. The maximum atomic E-state index is 12.7. The molecule has 2 aromatic rings. The molecule has 5 heteroatoms. The first-order chi connectivity index (χ1) is 12.6. The van der Waals surface area contributed by atoms with Gasteiger partial charge in [-0.05, 0) is 44.0 Å². The zero-order valence-electron chi connectivity index (χ0n) is 15.9. The van der Waals surface area contributed by atoms with E-state index in [4.69, 9.17) is 0 Å². The fraction of sp³-hybridized carbons (Fsp3) is 0.476. The Labute approximate surface area is 160 Å². The van der Waals surface area contributed by atoms with Gasteiger partial charge in [0.25, 0.3) is 5.91 Å². The van der Waals surface area contributed by atoms with Gasteiger partial charge in [0.05, 0.1) is 6.04 Å². The minimum absolute atomic E-state index is 0.00579. The van der Waals surface area contributed by atoms with Crippen LogP contribution in [-0.4, -0.2) is 54.5 Å². The molecule has 3 rings (SSSR count). The molecule has 0 saturated carbocycles. The van der Waals surface area contributed by atoms with Crippen molar-refractivity contribution in [1.82, 2.24) is 15.1 Å². The summed E-state index contributed by atoms with van der Waals surface area (Å²) < 4.78 is 0. The normalized spacial score (nSPS) is 18.4. The Hall–Kier alpha value is -1.69. The topological polar surface area (TPSA) is 35.6 Å². The van der Waals surface area contributed by atoms with E-state index < -0.39 is 0 Å². The van der Waals surface area contributed by atoms with Crippen molar-refractivity contribution in [3.8, 4) is 0 Å². The van der Waals surface area contributed by atoms with Gasteiger partial charge >= 0.3 is 0 Å². The third kappa shape index (κ3) is 4.53. The molecule has 1 fully saturated rings. The maximum absolute atomic E-state index is 12.7. The Morgan fingerprint density at radius 1 is 1.15 bits per heavy atom. The number of carbonyl (C=O) groups excluding carboxylic acids is 1. The number of aryl methyl sites for hydroxylation is 1. The smallest absolute Gasteiger partial charge is 0.251 e. The van der Waals surface area contributed by atoms with Crippen LogP contribution in [0.5, 0.6) is 0 Å². The molecule has 1 aromatic heterocycles. The molecule has 4 nitrogen and oxygen atoms in total. The van der Waals surface area contributed by atoms with E-state index in [2.05, 4.69) is 46.5 Å². The van der Waals surface area contributed by atoms with Crippen molar-refractivity contribution in [3.05, 3.63) is 57.8 Å². The first-order valence-corrected chi connectivity index (χ1v) is 10.3. The summed E-state index contributed by atoms with van der Waals surface area (Å²) >= 11 is 1.78. The van der Waals surface area contributed by atoms with Crippen LogP contribution in [0.4, 0.5) is 0 Å². The van der Waals surface area contributed by atoms with Crippen molar-refractivity contribution in [2.45, 2.75) is 32.9 Å². The number of likely N-dealkylation sites (N-methyl/N-ethyl adjacent to an activating group) is 1. The van der Waals surface area contributed by atoms with E-state index in [1.54, 1.807) is 11.3 Å². The molecule has 26 heavy (non-hydrogen) atoms. The van der Waals surface area contributed by atoms with E-state index in [1.165, 1.54) is 10.4 Å². The zero-order valence-corrected chi connectivity index (χ0v) is 16.8. The monoisotopic (exact) mass is 371 g/mol. The number of hydrogen-bond acceptors (Lipinski definition) is 4. The van der Waals surface area contributed by atoms with Gasteiger partial charge in [-0.25, -0.2) is 0 Å². The number of benzene rings is 1. The van der Waals surface area contributed by atoms with Gasteiger partial charge in [0.15, 0.2) is 0 Å². The summed E-state index contributed by atoms with van der Waals surface area (Å²) in [6.45, 7) is 11.8. The van der Waals surface area contributed by atoms with Gasteiger partial charge < -0.3 is 10.2 Å². The standard InChI is InChI=1S/C21H29N3OS/c1-4-23-11-13-24(14-12-23)20(19-6-5-15-26-19)17(3)22-21(25)18-9-7-16(2)8-10-18/h5-10,15,17,20H,4,11-14H2,1-3H3,(H,22,25)/t17-,20+/m1/s1. The van der Waals surface area contributed by atoms with Crippen LogP contribution in [0.3, 0.4) is 0 Å². The number of carbonyl (C=O) groups is 1. The molecule has 1 amide bonds. The average Bonchev–Trinajstić information content (AvgIpc) is 3.17. The van der Waals surface area contributed by atoms with Crippen LogP contribution < -0.4 is 5.32 Å². The van der Waals surface area contributed by atoms with Crippen molar-refractivity contribution >= 4 is 17.2 Å². The van der Waals surface area contributed by atoms with Crippen LogP contribution in [0.2, 0.25) is 0 Å². The van der Waals surface area contributed by atoms with Gasteiger partial charge in [-0.15, -0.1) is 11.3 Å². The third-order valence-electron chi connectivity index (χ3n) is 5.23. The second kappa shape index (κ2) is 8.80. The number of thiophene rings is 1. The highest BCUT2D eigenvalue weighted by Gasteiger charge is 2.30. The highest BCUT2D eigenvalue weighted by molar-refractivity contribution is 7.10. The summed E-state index contributed by atoms with van der Waals surface area (Å²) in [4.78, 5) is 19.0. The molecule has 1 aliphatic heterocycles. The highest BCUT2D eigenvalue weighted by atomic mass is 32.1. The van der Waals surface area contributed by atoms with Crippen LogP contribution in [0.25, 0.3) is 0 Å². The SMILES string of the molecule is CCN1CCN([C@H](c2cccs2)[C@@H](C)NC(=O)c2ccc(C)cc2)CC1. The molecule has 0 aliphatic carbocycles. The summed E-state index contributed by atoms with van der Waals surface area (Å²) in [5.74, 6) is 0.00579. The van der Waals surface area contributed by atoms with E-state index in [1.807, 2.05) is 31.2 Å². The van der Waals surface area contributed by atoms with E-state index in [0.717, 1.165) is 38.3 Å². The van der Waals surface area contributed by atoms with E-state index in [-0.39, 0.29) is 18.0 Å². The Bertz CT molecular complexity index is 691. The Balaban J connectivity index is 1.72. The molecule has 0 bridgehead atoms. The van der Waals surface area contributed by atoms with Crippen LogP contribution in [0.1, 0.15) is 40.7 Å². The molecule has 1 saturated heterocycles. The molecule has 0 radical (unpaired) electrons. The molecular formula is C21H29N3OS. The molecular weight excluding hydrogens is 342 g/mol. The van der Waals surface area contributed by atoms with Crippen molar-refractivity contribution in [1.29, 1.82) is 0 Å². The molecule has 1 N–H and O–H groups in total. The lowest BCUT2D eigenvalue weighted by Gasteiger charge is -2.41. The fourth-order valence-electron chi connectivity index (χ4n) is 3.63. The molecule has 1 aromatic carbocycles. The molecule has 0 unspecified atom stereocenters. The number of hydrogen-bond donors (Lipinski definition) is 1. The lowest BCUT2D eigenvalue weighted by atomic mass is 10.0. The maximum Gasteiger partial charge on any atom is 0.251 e. The zero-order chi connectivity index (χ0) is 18.5. The van der Waals surface area contributed by atoms with Gasteiger partial charge in [0, 0.05) is 42.7 Å². The van der Waals surface area contributed by atoms with E-state index in [0.29, 0.717) is 0 Å². The molecule has 1 aliphatic rings. The third-order valence-corrected chi connectivity index (χ3v) is 6.17. The lowest BCUT2D eigenvalue weighted by molar-refractivity contribution is 0.0753. The van der Waals surface area contributed by atoms with E-state index in [9.17, 15) is 4.79 Å². The van der Waals surface area contributed by atoms with Crippen LogP contribution in [0, 0.1) is 6.92 Å². The number of nitrogens with one attached hydrogen (secondary N) is 1. The second-order valence-electron chi connectivity index (χ2n) is 7.06. The fourth-order valence-corrected chi connectivity index (χ4v) is 4.60. The minimum atomic E-state index is 0.00579. The second-order valence-corrected chi connectivity index (χ2v) is 8.04. The Kier molecular flexibility index (Phi) is 6.46.